The van der Waals surface area contributed by atoms with Crippen LogP contribution in [0.25, 0.3) is 44.2 Å². The molecular weight excluding hydrogens is 715 g/mol. The Balaban J connectivity index is 0.962. The van der Waals surface area contributed by atoms with E-state index in [9.17, 15) is 9.59 Å². The van der Waals surface area contributed by atoms with Gasteiger partial charge in [0.25, 0.3) is 0 Å². The Kier molecular flexibility index (Phi) is 9.88. The lowest BCUT2D eigenvalue weighted by Crippen LogP contribution is -2.50. The first-order valence-electron chi connectivity index (χ1n) is 21.2. The number of likely N-dealkylation sites (tertiary alicyclic amines) is 2. The van der Waals surface area contributed by atoms with Gasteiger partial charge in [-0.05, 0) is 131 Å². The molecule has 3 aromatic carbocycles. The van der Waals surface area contributed by atoms with E-state index in [1.807, 2.05) is 18.1 Å². The Hall–Kier alpha value is -4.74. The third-order valence-electron chi connectivity index (χ3n) is 13.3. The van der Waals surface area contributed by atoms with Gasteiger partial charge in [-0.15, -0.1) is 0 Å². The van der Waals surface area contributed by atoms with Gasteiger partial charge >= 0.3 is 0 Å². The SMILES string of the molecule is CNC(C(=O)N1[C@@H](C)CC[C@H]1c1ncc(-c2ccc3c(c2)COc2cc4c(ccc5nc([C@@H]6CC[C@H](C)N6C(=O)CC6CC(C)OC(C)C6)[nH]c54)cc2-3)[nH]1)C(C)C. The van der Waals surface area contributed by atoms with Gasteiger partial charge in [0.1, 0.15) is 24.0 Å². The molecule has 9 rings (SSSR count). The smallest absolute Gasteiger partial charge is 0.240 e. The van der Waals surface area contributed by atoms with Crippen molar-refractivity contribution in [1.29, 1.82) is 0 Å². The summed E-state index contributed by atoms with van der Waals surface area (Å²) >= 11 is 0. The number of rotatable bonds is 8. The lowest BCUT2D eigenvalue weighted by atomic mass is 9.89. The molecule has 300 valence electrons. The average Bonchev–Trinajstić information content (AvgIpc) is 3.99. The van der Waals surface area contributed by atoms with Gasteiger partial charge in [-0.25, -0.2) is 9.97 Å². The van der Waals surface area contributed by atoms with E-state index in [0.29, 0.717) is 18.9 Å². The molecule has 4 aliphatic rings. The van der Waals surface area contributed by atoms with E-state index in [4.69, 9.17) is 19.4 Å². The number of imidazole rings is 2. The highest BCUT2D eigenvalue weighted by Gasteiger charge is 2.41. The van der Waals surface area contributed by atoms with Crippen LogP contribution in [0.3, 0.4) is 0 Å². The molecular formula is C46H57N7O4. The maximum atomic E-state index is 13.9. The first-order valence-corrected chi connectivity index (χ1v) is 21.2. The Bertz CT molecular complexity index is 2320. The predicted molar refractivity (Wildman–Crippen MR) is 223 cm³/mol. The molecule has 4 aliphatic heterocycles. The molecule has 0 radical (unpaired) electrons. The van der Waals surface area contributed by atoms with Crippen molar-refractivity contribution in [3.05, 3.63) is 65.9 Å². The molecule has 11 nitrogen and oxygen atoms in total. The van der Waals surface area contributed by atoms with Crippen LogP contribution in [-0.4, -0.2) is 78.9 Å². The third kappa shape index (κ3) is 6.80. The Morgan fingerprint density at radius 3 is 2.35 bits per heavy atom. The maximum Gasteiger partial charge on any atom is 0.240 e. The molecule has 0 aliphatic carbocycles. The maximum absolute atomic E-state index is 13.9. The van der Waals surface area contributed by atoms with Crippen molar-refractivity contribution in [2.45, 2.75) is 136 Å². The second-order valence-electron chi connectivity index (χ2n) is 17.7. The summed E-state index contributed by atoms with van der Waals surface area (Å²) in [7, 11) is 1.86. The van der Waals surface area contributed by atoms with E-state index < -0.39 is 0 Å². The molecule has 3 unspecified atom stereocenters. The summed E-state index contributed by atoms with van der Waals surface area (Å²) in [6.07, 6.45) is 8.41. The highest BCUT2D eigenvalue weighted by atomic mass is 16.5. The van der Waals surface area contributed by atoms with Gasteiger partial charge in [-0.2, -0.15) is 0 Å². The molecule has 5 aromatic rings. The number of fused-ring (bicyclic) bond motifs is 6. The number of carbonyl (C=O) groups excluding carboxylic acids is 2. The summed E-state index contributed by atoms with van der Waals surface area (Å²) in [5, 5.41) is 5.40. The standard InChI is InChI=1S/C46H57N7O4/c1-24(2)42(47-7)46(55)53-26(4)9-14-38(53)44-48-22-37(50-44)31-10-12-33-32(19-31)23-56-40-21-34-30(20-35(33)40)11-13-36-43(34)51-45(49-36)39-15-8-25(3)52(39)41(54)18-29-16-27(5)57-28(6)17-29/h10-13,19-22,24-29,38-39,42,47H,8-9,14-18,23H2,1-7H3,(H,48,50)(H,49,51)/t25-,26-,27?,28?,29?,38-,39-,42?/m0/s1. The number of hydrogen-bond donors (Lipinski definition) is 3. The summed E-state index contributed by atoms with van der Waals surface area (Å²) in [5.41, 5.74) is 7.19. The van der Waals surface area contributed by atoms with E-state index in [1.54, 1.807) is 0 Å². The zero-order valence-electron chi connectivity index (χ0n) is 34.4. The van der Waals surface area contributed by atoms with E-state index in [-0.39, 0.29) is 60.1 Å². The van der Waals surface area contributed by atoms with Crippen LogP contribution in [0.1, 0.15) is 116 Å². The number of H-pyrrole nitrogens is 2. The number of aromatic amines is 2. The molecule has 2 aromatic heterocycles. The van der Waals surface area contributed by atoms with Gasteiger partial charge in [-0.3, -0.25) is 9.59 Å². The molecule has 2 amide bonds. The fourth-order valence-electron chi connectivity index (χ4n) is 10.6. The summed E-state index contributed by atoms with van der Waals surface area (Å²) in [6.45, 7) is 13.2. The average molecular weight is 772 g/mol. The summed E-state index contributed by atoms with van der Waals surface area (Å²) < 4.78 is 12.4. The largest absolute Gasteiger partial charge is 0.488 e. The van der Waals surface area contributed by atoms with Gasteiger partial charge in [0.2, 0.25) is 11.8 Å². The first-order chi connectivity index (χ1) is 27.5. The van der Waals surface area contributed by atoms with E-state index in [2.05, 4.69) is 104 Å². The number of ether oxygens (including phenoxy) is 2. The molecule has 0 spiro atoms. The van der Waals surface area contributed by atoms with Gasteiger partial charge in [-0.1, -0.05) is 32.0 Å². The Morgan fingerprint density at radius 1 is 0.877 bits per heavy atom. The number of aromatic nitrogens is 4. The molecule has 57 heavy (non-hydrogen) atoms. The number of likely N-dealkylation sites (N-methyl/N-ethyl adjacent to an activating group) is 1. The molecule has 3 saturated heterocycles. The molecule has 3 N–H and O–H groups in total. The van der Waals surface area contributed by atoms with Crippen molar-refractivity contribution in [3.63, 3.8) is 0 Å². The fourth-order valence-corrected chi connectivity index (χ4v) is 10.6. The predicted octanol–water partition coefficient (Wildman–Crippen LogP) is 8.61. The van der Waals surface area contributed by atoms with E-state index >= 15 is 0 Å². The van der Waals surface area contributed by atoms with Crippen molar-refractivity contribution in [2.75, 3.05) is 7.05 Å². The number of amides is 2. The number of benzene rings is 3. The minimum atomic E-state index is -0.226. The third-order valence-corrected chi connectivity index (χ3v) is 13.3. The van der Waals surface area contributed by atoms with Crippen molar-refractivity contribution < 1.29 is 19.1 Å². The molecule has 3 fully saturated rings. The quantitative estimate of drug-likeness (QED) is 0.144. The topological polar surface area (TPSA) is 128 Å². The van der Waals surface area contributed by atoms with Gasteiger partial charge in [0, 0.05) is 29.5 Å². The monoisotopic (exact) mass is 771 g/mol. The fraction of sp³-hybridized carbons (Fsp3) is 0.522. The lowest BCUT2D eigenvalue weighted by molar-refractivity contribution is -0.138. The van der Waals surface area contributed by atoms with Crippen LogP contribution in [0.2, 0.25) is 0 Å². The van der Waals surface area contributed by atoms with Crippen LogP contribution in [0.15, 0.2) is 48.7 Å². The lowest BCUT2D eigenvalue weighted by Gasteiger charge is -2.34. The highest BCUT2D eigenvalue weighted by Crippen LogP contribution is 2.44. The summed E-state index contributed by atoms with van der Waals surface area (Å²) in [4.78, 5) is 48.8. The van der Waals surface area contributed by atoms with Gasteiger partial charge < -0.3 is 34.6 Å². The van der Waals surface area contributed by atoms with Gasteiger partial charge in [0.15, 0.2) is 0 Å². The molecule has 7 atom stereocenters. The second kappa shape index (κ2) is 14.9. The minimum Gasteiger partial charge on any atom is -0.488 e. The number of hydrogen-bond acceptors (Lipinski definition) is 7. The zero-order chi connectivity index (χ0) is 39.7. The first kappa shape index (κ1) is 37.8. The van der Waals surface area contributed by atoms with Crippen LogP contribution >= 0.6 is 0 Å². The normalized spacial score (nSPS) is 26.6. The van der Waals surface area contributed by atoms with E-state index in [0.717, 1.165) is 106 Å². The summed E-state index contributed by atoms with van der Waals surface area (Å²) in [5.74, 6) is 3.46. The van der Waals surface area contributed by atoms with Crippen LogP contribution in [0, 0.1) is 11.8 Å². The molecule has 11 heteroatoms. The van der Waals surface area contributed by atoms with Crippen LogP contribution in [0.4, 0.5) is 0 Å². The van der Waals surface area contributed by atoms with Crippen molar-refractivity contribution in [1.82, 2.24) is 35.1 Å². The molecule has 0 bridgehead atoms. The summed E-state index contributed by atoms with van der Waals surface area (Å²) in [6, 6.07) is 15.1. The number of nitrogens with one attached hydrogen (secondary N) is 3. The molecule has 6 heterocycles. The van der Waals surface area contributed by atoms with Crippen molar-refractivity contribution >= 4 is 33.6 Å². The van der Waals surface area contributed by atoms with Crippen molar-refractivity contribution in [2.24, 2.45) is 11.8 Å². The van der Waals surface area contributed by atoms with Crippen molar-refractivity contribution in [3.8, 4) is 28.1 Å². The number of carbonyl (C=O) groups is 2. The van der Waals surface area contributed by atoms with Crippen LogP contribution in [-0.2, 0) is 20.9 Å². The second-order valence-corrected chi connectivity index (χ2v) is 17.7. The Morgan fingerprint density at radius 2 is 1.61 bits per heavy atom. The number of nitrogens with zero attached hydrogens (tertiary/aromatic N) is 4. The van der Waals surface area contributed by atoms with Crippen LogP contribution in [0.5, 0.6) is 5.75 Å². The molecule has 0 saturated carbocycles. The van der Waals surface area contributed by atoms with E-state index in [1.165, 1.54) is 0 Å². The van der Waals surface area contributed by atoms with Crippen LogP contribution < -0.4 is 10.1 Å². The highest BCUT2D eigenvalue weighted by molar-refractivity contribution is 6.07. The van der Waals surface area contributed by atoms with Gasteiger partial charge in [0.05, 0.1) is 53.3 Å². The Labute approximate surface area is 335 Å². The zero-order valence-corrected chi connectivity index (χ0v) is 34.4. The minimum absolute atomic E-state index is 0.0655.